The van der Waals surface area contributed by atoms with Gasteiger partial charge in [0.1, 0.15) is 5.78 Å². The van der Waals surface area contributed by atoms with Gasteiger partial charge in [0, 0.05) is 12.8 Å². The van der Waals surface area contributed by atoms with Crippen LogP contribution >= 0.6 is 0 Å². The van der Waals surface area contributed by atoms with E-state index in [1.165, 1.54) is 16.7 Å². The molecule has 0 N–H and O–H groups in total. The van der Waals surface area contributed by atoms with Gasteiger partial charge < -0.3 is 4.74 Å². The zero-order valence-corrected chi connectivity index (χ0v) is 10.5. The van der Waals surface area contributed by atoms with E-state index in [2.05, 4.69) is 30.3 Å². The van der Waals surface area contributed by atoms with Gasteiger partial charge in [-0.3, -0.25) is 4.79 Å². The summed E-state index contributed by atoms with van der Waals surface area (Å²) in [6, 6.07) is 8.55. The van der Waals surface area contributed by atoms with E-state index in [-0.39, 0.29) is 6.10 Å². The van der Waals surface area contributed by atoms with Crippen LogP contribution in [0.4, 0.5) is 0 Å². The van der Waals surface area contributed by atoms with Gasteiger partial charge in [-0.05, 0) is 30.4 Å². The van der Waals surface area contributed by atoms with Crippen LogP contribution in [0, 0.1) is 0 Å². The fraction of sp³-hybridized carbons (Fsp3) is 0.438. The van der Waals surface area contributed by atoms with Crippen LogP contribution in [0.15, 0.2) is 35.9 Å². The summed E-state index contributed by atoms with van der Waals surface area (Å²) in [4.78, 5) is 11.2. The number of ether oxygens (including phenoxy) is 1. The van der Waals surface area contributed by atoms with Crippen LogP contribution in [0.1, 0.15) is 42.9 Å². The van der Waals surface area contributed by atoms with Crippen molar-refractivity contribution in [3.63, 3.8) is 0 Å². The van der Waals surface area contributed by atoms with Gasteiger partial charge in [-0.25, -0.2) is 0 Å². The second-order valence-corrected chi connectivity index (χ2v) is 5.12. The highest BCUT2D eigenvalue weighted by Crippen LogP contribution is 2.33. The minimum atomic E-state index is 0.189. The van der Waals surface area contributed by atoms with E-state index in [1.54, 1.807) is 0 Å². The number of rotatable bonds is 2. The van der Waals surface area contributed by atoms with Gasteiger partial charge in [-0.15, -0.1) is 0 Å². The molecule has 1 aromatic rings. The van der Waals surface area contributed by atoms with E-state index >= 15 is 0 Å². The first-order chi connectivity index (χ1) is 8.83. The molecule has 0 saturated carbocycles. The van der Waals surface area contributed by atoms with Gasteiger partial charge in [0.2, 0.25) is 0 Å². The van der Waals surface area contributed by atoms with Crippen LogP contribution in [0.25, 0.3) is 0 Å². The van der Waals surface area contributed by atoms with Crippen LogP contribution in [0.3, 0.4) is 0 Å². The second kappa shape index (κ2) is 5.07. The maximum atomic E-state index is 11.2. The number of hydrogen-bond acceptors (Lipinski definition) is 2. The van der Waals surface area contributed by atoms with E-state index in [0.29, 0.717) is 18.6 Å². The van der Waals surface area contributed by atoms with Crippen molar-refractivity contribution in [2.24, 2.45) is 0 Å². The monoisotopic (exact) mass is 242 g/mol. The highest BCUT2D eigenvalue weighted by Gasteiger charge is 2.22. The smallest absolute Gasteiger partial charge is 0.136 e. The molecule has 1 aliphatic heterocycles. The highest BCUT2D eigenvalue weighted by atomic mass is 16.5. The molecule has 1 aliphatic carbocycles. The Morgan fingerprint density at radius 2 is 2.06 bits per heavy atom. The van der Waals surface area contributed by atoms with Crippen LogP contribution < -0.4 is 0 Å². The van der Waals surface area contributed by atoms with Crippen molar-refractivity contribution in [1.82, 2.24) is 0 Å². The largest absolute Gasteiger partial charge is 0.373 e. The number of allylic oxidation sites excluding steroid dienone is 1. The average Bonchev–Trinajstić information content (AvgIpc) is 2.42. The molecular formula is C16H18O2. The lowest BCUT2D eigenvalue weighted by molar-refractivity contribution is -0.118. The maximum Gasteiger partial charge on any atom is 0.136 e. The summed E-state index contributed by atoms with van der Waals surface area (Å²) < 4.78 is 5.91. The van der Waals surface area contributed by atoms with Crippen LogP contribution in [0.2, 0.25) is 0 Å². The standard InChI is InChI=1S/C16H18O2/c17-14-7-5-12(6-8-14)11-16-15-4-2-1-3-13(15)9-10-18-16/h1-5,16H,6-11H2. The Balaban J connectivity index is 1.76. The molecule has 1 unspecified atom stereocenters. The number of fused-ring (bicyclic) bond motifs is 1. The molecular weight excluding hydrogens is 224 g/mol. The molecule has 94 valence electrons. The predicted molar refractivity (Wildman–Crippen MR) is 70.4 cm³/mol. The first-order valence-corrected chi connectivity index (χ1v) is 6.72. The molecule has 0 amide bonds. The number of Topliss-reactive ketones (excluding diaryl/α,β-unsaturated/α-hetero) is 1. The third-order valence-corrected chi connectivity index (χ3v) is 3.88. The lowest BCUT2D eigenvalue weighted by Crippen LogP contribution is -2.17. The number of benzene rings is 1. The van der Waals surface area contributed by atoms with E-state index < -0.39 is 0 Å². The molecule has 2 nitrogen and oxygen atoms in total. The summed E-state index contributed by atoms with van der Waals surface area (Å²) in [5, 5.41) is 0. The van der Waals surface area contributed by atoms with Crippen molar-refractivity contribution in [3.05, 3.63) is 47.0 Å². The molecule has 0 aromatic heterocycles. The second-order valence-electron chi connectivity index (χ2n) is 5.12. The topological polar surface area (TPSA) is 26.3 Å². The Morgan fingerprint density at radius 3 is 2.89 bits per heavy atom. The van der Waals surface area contributed by atoms with Crippen molar-refractivity contribution >= 4 is 5.78 Å². The van der Waals surface area contributed by atoms with Gasteiger partial charge in [-0.2, -0.15) is 0 Å². The molecule has 2 aliphatic rings. The van der Waals surface area contributed by atoms with Crippen molar-refractivity contribution in [3.8, 4) is 0 Å². The van der Waals surface area contributed by atoms with E-state index in [1.807, 2.05) is 0 Å². The highest BCUT2D eigenvalue weighted by molar-refractivity contribution is 5.81. The molecule has 0 bridgehead atoms. The first-order valence-electron chi connectivity index (χ1n) is 6.72. The van der Waals surface area contributed by atoms with Gasteiger partial charge in [-0.1, -0.05) is 35.9 Å². The number of hydrogen-bond donors (Lipinski definition) is 0. The van der Waals surface area contributed by atoms with E-state index in [0.717, 1.165) is 25.9 Å². The van der Waals surface area contributed by atoms with Gasteiger partial charge in [0.15, 0.2) is 0 Å². The van der Waals surface area contributed by atoms with Crippen molar-refractivity contribution < 1.29 is 9.53 Å². The fourth-order valence-electron chi connectivity index (χ4n) is 2.83. The van der Waals surface area contributed by atoms with Crippen molar-refractivity contribution in [2.75, 3.05) is 6.61 Å². The minimum absolute atomic E-state index is 0.189. The lowest BCUT2D eigenvalue weighted by atomic mass is 9.89. The molecule has 18 heavy (non-hydrogen) atoms. The zero-order chi connectivity index (χ0) is 12.4. The van der Waals surface area contributed by atoms with Gasteiger partial charge in [0.05, 0.1) is 12.7 Å². The normalized spacial score (nSPS) is 23.4. The molecule has 0 saturated heterocycles. The molecule has 0 fully saturated rings. The lowest BCUT2D eigenvalue weighted by Gasteiger charge is -2.27. The Morgan fingerprint density at radius 1 is 1.17 bits per heavy atom. The van der Waals surface area contributed by atoms with E-state index in [9.17, 15) is 4.79 Å². The van der Waals surface area contributed by atoms with Gasteiger partial charge >= 0.3 is 0 Å². The maximum absolute atomic E-state index is 11.2. The summed E-state index contributed by atoms with van der Waals surface area (Å²) in [5.74, 6) is 0.365. The van der Waals surface area contributed by atoms with Crippen molar-refractivity contribution in [1.29, 1.82) is 0 Å². The van der Waals surface area contributed by atoms with Crippen LogP contribution in [-0.2, 0) is 16.0 Å². The van der Waals surface area contributed by atoms with E-state index in [4.69, 9.17) is 4.74 Å². The third kappa shape index (κ3) is 2.39. The minimum Gasteiger partial charge on any atom is -0.373 e. The average molecular weight is 242 g/mol. The fourth-order valence-corrected chi connectivity index (χ4v) is 2.83. The molecule has 0 spiro atoms. The zero-order valence-electron chi connectivity index (χ0n) is 10.5. The summed E-state index contributed by atoms with van der Waals surface area (Å²) in [6.45, 7) is 0.813. The summed E-state index contributed by atoms with van der Waals surface area (Å²) in [7, 11) is 0. The molecule has 3 rings (SSSR count). The summed E-state index contributed by atoms with van der Waals surface area (Å²) >= 11 is 0. The van der Waals surface area contributed by atoms with Gasteiger partial charge in [0.25, 0.3) is 0 Å². The number of carbonyl (C=O) groups excluding carboxylic acids is 1. The molecule has 1 heterocycles. The SMILES string of the molecule is O=C1CC=C(CC2OCCc3ccccc32)CC1. The van der Waals surface area contributed by atoms with Crippen LogP contribution in [0.5, 0.6) is 0 Å². The Labute approximate surface area is 108 Å². The first kappa shape index (κ1) is 11.7. The Kier molecular flexibility index (Phi) is 3.28. The molecule has 1 aromatic carbocycles. The van der Waals surface area contributed by atoms with Crippen molar-refractivity contribution in [2.45, 2.75) is 38.2 Å². The number of carbonyl (C=O) groups is 1. The predicted octanol–water partition coefficient (Wildman–Crippen LogP) is 3.37. The molecule has 1 atom stereocenters. The Bertz CT molecular complexity index is 488. The summed E-state index contributed by atoms with van der Waals surface area (Å²) in [5.41, 5.74) is 4.14. The number of ketones is 1. The quantitative estimate of drug-likeness (QED) is 0.743. The summed E-state index contributed by atoms with van der Waals surface area (Å²) in [6.07, 6.45) is 6.50. The molecule has 2 heteroatoms. The Hall–Kier alpha value is -1.41. The van der Waals surface area contributed by atoms with Crippen LogP contribution in [-0.4, -0.2) is 12.4 Å². The molecule has 0 radical (unpaired) electrons. The third-order valence-electron chi connectivity index (χ3n) is 3.88.